The first-order valence-corrected chi connectivity index (χ1v) is 9.51. The maximum absolute atomic E-state index is 12.4. The molecule has 0 fully saturated rings. The minimum Gasteiger partial charge on any atom is -0.494 e. The van der Waals surface area contributed by atoms with Gasteiger partial charge in [-0.15, -0.1) is 0 Å². The SMILES string of the molecule is CCOc1ccc(C(=O)N[C@@H](CC)COC(=O)c2ccc(OCC)cc2)cc1. The Morgan fingerprint density at radius 3 is 1.79 bits per heavy atom. The summed E-state index contributed by atoms with van der Waals surface area (Å²) in [4.78, 5) is 24.6. The molecule has 6 nitrogen and oxygen atoms in total. The fourth-order valence-electron chi connectivity index (χ4n) is 2.51. The number of hydrogen-bond acceptors (Lipinski definition) is 5. The molecule has 2 rings (SSSR count). The van der Waals surface area contributed by atoms with Crippen molar-refractivity contribution in [1.29, 1.82) is 0 Å². The van der Waals surface area contributed by atoms with E-state index in [4.69, 9.17) is 14.2 Å². The lowest BCUT2D eigenvalue weighted by Crippen LogP contribution is -2.38. The van der Waals surface area contributed by atoms with Gasteiger partial charge in [-0.25, -0.2) is 4.79 Å². The number of carbonyl (C=O) groups is 2. The van der Waals surface area contributed by atoms with Gasteiger partial charge < -0.3 is 19.5 Å². The molecule has 1 N–H and O–H groups in total. The van der Waals surface area contributed by atoms with Crippen molar-refractivity contribution in [2.24, 2.45) is 0 Å². The maximum Gasteiger partial charge on any atom is 0.338 e. The van der Waals surface area contributed by atoms with E-state index >= 15 is 0 Å². The fourth-order valence-corrected chi connectivity index (χ4v) is 2.51. The predicted octanol–water partition coefficient (Wildman–Crippen LogP) is 3.85. The second kappa shape index (κ2) is 11.0. The average Bonchev–Trinajstić information content (AvgIpc) is 2.72. The molecule has 150 valence electrons. The highest BCUT2D eigenvalue weighted by atomic mass is 16.5. The molecule has 0 aliphatic rings. The van der Waals surface area contributed by atoms with Crippen molar-refractivity contribution < 1.29 is 23.8 Å². The summed E-state index contributed by atoms with van der Waals surface area (Å²) in [6, 6.07) is 13.4. The maximum atomic E-state index is 12.4. The van der Waals surface area contributed by atoms with E-state index in [1.165, 1.54) is 0 Å². The van der Waals surface area contributed by atoms with E-state index in [1.807, 2.05) is 20.8 Å². The van der Waals surface area contributed by atoms with Crippen LogP contribution in [0.4, 0.5) is 0 Å². The Morgan fingerprint density at radius 1 is 0.821 bits per heavy atom. The van der Waals surface area contributed by atoms with Crippen LogP contribution in [0.5, 0.6) is 11.5 Å². The van der Waals surface area contributed by atoms with Crippen LogP contribution in [0, 0.1) is 0 Å². The summed E-state index contributed by atoms with van der Waals surface area (Å²) in [5, 5.41) is 2.89. The van der Waals surface area contributed by atoms with Crippen molar-refractivity contribution in [3.63, 3.8) is 0 Å². The molecule has 6 heteroatoms. The molecule has 1 amide bonds. The standard InChI is InChI=1S/C22H27NO5/c1-4-18(23-21(24)16-7-11-19(12-8-16)26-5-2)15-28-22(25)17-9-13-20(14-10-17)27-6-3/h7-14,18H,4-6,15H2,1-3H3,(H,23,24)/t18-/m0/s1. The van der Waals surface area contributed by atoms with Gasteiger partial charge in [0.05, 0.1) is 24.8 Å². The molecular formula is C22H27NO5. The van der Waals surface area contributed by atoms with Crippen LogP contribution >= 0.6 is 0 Å². The number of rotatable bonds is 10. The molecule has 2 aromatic carbocycles. The van der Waals surface area contributed by atoms with Gasteiger partial charge in [-0.2, -0.15) is 0 Å². The molecule has 0 spiro atoms. The summed E-state index contributed by atoms with van der Waals surface area (Å²) in [6.45, 7) is 6.97. The smallest absolute Gasteiger partial charge is 0.338 e. The Balaban J connectivity index is 1.87. The lowest BCUT2D eigenvalue weighted by molar-refractivity contribution is 0.0454. The minimum atomic E-state index is -0.434. The second-order valence-corrected chi connectivity index (χ2v) is 6.09. The Bertz CT molecular complexity index is 756. The zero-order valence-electron chi connectivity index (χ0n) is 16.6. The van der Waals surface area contributed by atoms with E-state index < -0.39 is 5.97 Å². The Labute approximate surface area is 165 Å². The van der Waals surface area contributed by atoms with Gasteiger partial charge in [0.15, 0.2) is 0 Å². The Hall–Kier alpha value is -3.02. The van der Waals surface area contributed by atoms with E-state index in [-0.39, 0.29) is 18.6 Å². The van der Waals surface area contributed by atoms with Gasteiger partial charge in [0.2, 0.25) is 0 Å². The van der Waals surface area contributed by atoms with Crippen LogP contribution in [0.2, 0.25) is 0 Å². The second-order valence-electron chi connectivity index (χ2n) is 6.09. The molecule has 0 radical (unpaired) electrons. The van der Waals surface area contributed by atoms with Crippen LogP contribution in [0.1, 0.15) is 47.9 Å². The number of amides is 1. The van der Waals surface area contributed by atoms with Crippen LogP contribution in [0.15, 0.2) is 48.5 Å². The van der Waals surface area contributed by atoms with Gasteiger partial charge in [0, 0.05) is 5.56 Å². The molecule has 1 atom stereocenters. The first-order valence-electron chi connectivity index (χ1n) is 9.51. The number of esters is 1. The summed E-state index contributed by atoms with van der Waals surface area (Å²) in [7, 11) is 0. The van der Waals surface area contributed by atoms with Crippen LogP contribution in [-0.4, -0.2) is 37.7 Å². The molecule has 0 unspecified atom stereocenters. The van der Waals surface area contributed by atoms with Crippen molar-refractivity contribution in [3.8, 4) is 11.5 Å². The van der Waals surface area contributed by atoms with Crippen molar-refractivity contribution in [2.45, 2.75) is 33.2 Å². The molecule has 0 saturated heterocycles. The van der Waals surface area contributed by atoms with E-state index in [0.29, 0.717) is 36.5 Å². The van der Waals surface area contributed by atoms with Crippen LogP contribution in [0.25, 0.3) is 0 Å². The Kier molecular flexibility index (Phi) is 8.34. The summed E-state index contributed by atoms with van der Waals surface area (Å²) < 4.78 is 16.1. The molecule has 0 heterocycles. The van der Waals surface area contributed by atoms with E-state index in [0.717, 1.165) is 5.75 Å². The summed E-state index contributed by atoms with van der Waals surface area (Å²) in [6.07, 6.45) is 0.638. The molecule has 0 aromatic heterocycles. The monoisotopic (exact) mass is 385 g/mol. The lowest BCUT2D eigenvalue weighted by Gasteiger charge is -2.17. The van der Waals surface area contributed by atoms with Crippen LogP contribution < -0.4 is 14.8 Å². The van der Waals surface area contributed by atoms with Gasteiger partial charge in [-0.1, -0.05) is 6.92 Å². The van der Waals surface area contributed by atoms with Crippen molar-refractivity contribution in [1.82, 2.24) is 5.32 Å². The molecule has 0 aliphatic carbocycles. The molecule has 28 heavy (non-hydrogen) atoms. The normalized spacial score (nSPS) is 11.4. The zero-order chi connectivity index (χ0) is 20.4. The van der Waals surface area contributed by atoms with E-state index in [9.17, 15) is 9.59 Å². The number of benzene rings is 2. The fraction of sp³-hybridized carbons (Fsp3) is 0.364. The third-order valence-corrected chi connectivity index (χ3v) is 4.07. The highest BCUT2D eigenvalue weighted by Gasteiger charge is 2.15. The first-order chi connectivity index (χ1) is 13.6. The topological polar surface area (TPSA) is 73.9 Å². The summed E-state index contributed by atoms with van der Waals surface area (Å²) >= 11 is 0. The van der Waals surface area contributed by atoms with Crippen LogP contribution in [0.3, 0.4) is 0 Å². The summed E-state index contributed by atoms with van der Waals surface area (Å²) in [5.74, 6) is 0.771. The minimum absolute atomic E-state index is 0.102. The third-order valence-electron chi connectivity index (χ3n) is 4.07. The summed E-state index contributed by atoms with van der Waals surface area (Å²) in [5.41, 5.74) is 0.968. The molecule has 0 bridgehead atoms. The van der Waals surface area contributed by atoms with Crippen molar-refractivity contribution in [2.75, 3.05) is 19.8 Å². The first kappa shape index (κ1) is 21.3. The van der Waals surface area contributed by atoms with Crippen LogP contribution in [-0.2, 0) is 4.74 Å². The van der Waals surface area contributed by atoms with Gasteiger partial charge in [0.1, 0.15) is 18.1 Å². The molecule has 0 aliphatic heterocycles. The van der Waals surface area contributed by atoms with E-state index in [2.05, 4.69) is 5.32 Å². The lowest BCUT2D eigenvalue weighted by atomic mass is 10.1. The number of hydrogen-bond donors (Lipinski definition) is 1. The van der Waals surface area contributed by atoms with Gasteiger partial charge in [-0.05, 0) is 68.8 Å². The van der Waals surface area contributed by atoms with Gasteiger partial charge in [-0.3, -0.25) is 4.79 Å². The number of carbonyl (C=O) groups excluding carboxylic acids is 2. The highest BCUT2D eigenvalue weighted by Crippen LogP contribution is 2.14. The molecular weight excluding hydrogens is 358 g/mol. The predicted molar refractivity (Wildman–Crippen MR) is 107 cm³/mol. The van der Waals surface area contributed by atoms with E-state index in [1.54, 1.807) is 48.5 Å². The number of nitrogens with one attached hydrogen (secondary N) is 1. The molecule has 0 saturated carbocycles. The highest BCUT2D eigenvalue weighted by molar-refractivity contribution is 5.94. The molecule has 2 aromatic rings. The largest absolute Gasteiger partial charge is 0.494 e. The van der Waals surface area contributed by atoms with Gasteiger partial charge >= 0.3 is 5.97 Å². The average molecular weight is 385 g/mol. The third kappa shape index (κ3) is 6.30. The van der Waals surface area contributed by atoms with Crippen molar-refractivity contribution >= 4 is 11.9 Å². The number of ether oxygens (including phenoxy) is 3. The quantitative estimate of drug-likeness (QED) is 0.629. The van der Waals surface area contributed by atoms with Gasteiger partial charge in [0.25, 0.3) is 5.91 Å². The van der Waals surface area contributed by atoms with Crippen molar-refractivity contribution in [3.05, 3.63) is 59.7 Å². The Morgan fingerprint density at radius 2 is 1.32 bits per heavy atom. The zero-order valence-corrected chi connectivity index (χ0v) is 16.6.